The summed E-state index contributed by atoms with van der Waals surface area (Å²) in [6.45, 7) is 5.27. The van der Waals surface area contributed by atoms with E-state index in [9.17, 15) is 9.59 Å². The number of ketones is 1. The highest BCUT2D eigenvalue weighted by Crippen LogP contribution is 2.35. The number of hydrogen-bond donors (Lipinski definition) is 0. The molecule has 0 N–H and O–H groups in total. The number of hydrogen-bond acceptors (Lipinski definition) is 3. The van der Waals surface area contributed by atoms with Gasteiger partial charge >= 0.3 is 5.97 Å². The molecule has 0 bridgehead atoms. The van der Waals surface area contributed by atoms with Crippen LogP contribution in [0.3, 0.4) is 0 Å². The minimum Gasteiger partial charge on any atom is -0.469 e. The molecule has 1 rings (SSSR count). The number of methoxy groups -OCH3 is 1. The predicted octanol–water partition coefficient (Wildman–Crippen LogP) is 2.28. The summed E-state index contributed by atoms with van der Waals surface area (Å²) in [5, 5.41) is 0. The van der Waals surface area contributed by atoms with Crippen LogP contribution in [-0.2, 0) is 14.3 Å². The van der Waals surface area contributed by atoms with Crippen molar-refractivity contribution < 1.29 is 14.3 Å². The van der Waals surface area contributed by atoms with E-state index in [0.29, 0.717) is 6.42 Å². The average molecular weight is 222 g/mol. The second-order valence-electron chi connectivity index (χ2n) is 4.63. The number of ether oxygens (including phenoxy) is 1. The third-order valence-electron chi connectivity index (χ3n) is 3.14. The van der Waals surface area contributed by atoms with Crippen LogP contribution in [0.1, 0.15) is 27.2 Å². The van der Waals surface area contributed by atoms with Crippen LogP contribution in [0.2, 0.25) is 0 Å². The molecule has 0 aromatic heterocycles. The van der Waals surface area contributed by atoms with Gasteiger partial charge in [0, 0.05) is 5.57 Å². The fraction of sp³-hybridized carbons (Fsp3) is 0.538. The van der Waals surface area contributed by atoms with Gasteiger partial charge in [-0.15, -0.1) is 0 Å². The van der Waals surface area contributed by atoms with Crippen molar-refractivity contribution in [2.24, 2.45) is 11.3 Å². The molecule has 0 aliphatic heterocycles. The van der Waals surface area contributed by atoms with Crippen LogP contribution < -0.4 is 0 Å². The van der Waals surface area contributed by atoms with Crippen LogP contribution in [0.5, 0.6) is 0 Å². The van der Waals surface area contributed by atoms with E-state index in [1.807, 2.05) is 26.0 Å². The summed E-state index contributed by atoms with van der Waals surface area (Å²) in [5.74, 6) is -0.0737. The van der Waals surface area contributed by atoms with E-state index < -0.39 is 5.41 Å². The molecule has 0 amide bonds. The van der Waals surface area contributed by atoms with E-state index in [1.165, 1.54) is 7.11 Å². The van der Waals surface area contributed by atoms with Crippen LogP contribution in [0.15, 0.2) is 23.8 Å². The Bertz CT molecular complexity index is 361. The highest BCUT2D eigenvalue weighted by atomic mass is 16.5. The topological polar surface area (TPSA) is 43.4 Å². The molecule has 0 aromatic rings. The number of carbonyl (C=O) groups excluding carboxylic acids is 2. The van der Waals surface area contributed by atoms with Crippen LogP contribution in [0, 0.1) is 11.3 Å². The summed E-state index contributed by atoms with van der Waals surface area (Å²) in [6, 6.07) is 0. The van der Waals surface area contributed by atoms with Crippen molar-refractivity contribution in [1.82, 2.24) is 0 Å². The predicted molar refractivity (Wildman–Crippen MR) is 61.8 cm³/mol. The van der Waals surface area contributed by atoms with Gasteiger partial charge in [-0.2, -0.15) is 0 Å². The maximum Gasteiger partial charge on any atom is 0.311 e. The van der Waals surface area contributed by atoms with Crippen molar-refractivity contribution in [2.45, 2.75) is 27.2 Å². The Morgan fingerprint density at radius 3 is 2.44 bits per heavy atom. The van der Waals surface area contributed by atoms with Crippen LogP contribution in [-0.4, -0.2) is 18.9 Å². The van der Waals surface area contributed by atoms with Gasteiger partial charge in [0.25, 0.3) is 0 Å². The Labute approximate surface area is 96.2 Å². The van der Waals surface area contributed by atoms with E-state index in [2.05, 4.69) is 0 Å². The molecule has 0 spiro atoms. The first kappa shape index (κ1) is 12.7. The van der Waals surface area contributed by atoms with Gasteiger partial charge in [-0.25, -0.2) is 0 Å². The minimum absolute atomic E-state index is 0.0607. The van der Waals surface area contributed by atoms with Gasteiger partial charge in [-0.3, -0.25) is 9.59 Å². The molecule has 88 valence electrons. The lowest BCUT2D eigenvalue weighted by Gasteiger charge is -2.30. The zero-order valence-corrected chi connectivity index (χ0v) is 10.2. The van der Waals surface area contributed by atoms with Crippen molar-refractivity contribution >= 4 is 11.8 Å². The highest BCUT2D eigenvalue weighted by Gasteiger charge is 2.36. The van der Waals surface area contributed by atoms with Crippen molar-refractivity contribution in [3.8, 4) is 0 Å². The molecule has 3 nitrogen and oxygen atoms in total. The van der Waals surface area contributed by atoms with Gasteiger partial charge in [-0.1, -0.05) is 18.2 Å². The quantitative estimate of drug-likeness (QED) is 0.688. The van der Waals surface area contributed by atoms with Crippen LogP contribution in [0.25, 0.3) is 0 Å². The standard InChI is InChI=1S/C13H18O3/c1-9(14)10-5-7-11(8-6-10)13(2,3)12(15)16-4/h5-7,11H,8H2,1-4H3. The molecule has 1 atom stereocenters. The van der Waals surface area contributed by atoms with Crippen molar-refractivity contribution in [2.75, 3.05) is 7.11 Å². The summed E-state index contributed by atoms with van der Waals surface area (Å²) in [7, 11) is 1.40. The smallest absolute Gasteiger partial charge is 0.311 e. The Morgan fingerprint density at radius 2 is 2.06 bits per heavy atom. The Kier molecular flexibility index (Phi) is 3.68. The van der Waals surface area contributed by atoms with E-state index in [1.54, 1.807) is 13.0 Å². The maximum absolute atomic E-state index is 11.6. The normalized spacial score (nSPS) is 20.2. The van der Waals surface area contributed by atoms with Gasteiger partial charge in [0.2, 0.25) is 0 Å². The Hall–Kier alpha value is -1.38. The average Bonchev–Trinajstić information content (AvgIpc) is 2.28. The third kappa shape index (κ3) is 2.40. The van der Waals surface area contributed by atoms with Crippen LogP contribution in [0.4, 0.5) is 0 Å². The van der Waals surface area contributed by atoms with E-state index >= 15 is 0 Å². The Morgan fingerprint density at radius 1 is 1.44 bits per heavy atom. The molecule has 0 saturated carbocycles. The third-order valence-corrected chi connectivity index (χ3v) is 3.14. The number of Topliss-reactive ketones (excluding diaryl/α,β-unsaturated/α-hetero) is 1. The molecule has 0 radical (unpaired) electrons. The fourth-order valence-corrected chi connectivity index (χ4v) is 1.83. The molecular formula is C13H18O3. The molecular weight excluding hydrogens is 204 g/mol. The summed E-state index contributed by atoms with van der Waals surface area (Å²) in [6.07, 6.45) is 6.31. The van der Waals surface area contributed by atoms with Crippen molar-refractivity contribution in [3.05, 3.63) is 23.8 Å². The summed E-state index contributed by atoms with van der Waals surface area (Å²) in [5.41, 5.74) is 0.168. The molecule has 0 saturated heterocycles. The summed E-state index contributed by atoms with van der Waals surface area (Å²) in [4.78, 5) is 22.7. The lowest BCUT2D eigenvalue weighted by molar-refractivity contribution is -0.152. The lowest BCUT2D eigenvalue weighted by atomic mass is 9.74. The van der Waals surface area contributed by atoms with Gasteiger partial charge in [0.1, 0.15) is 0 Å². The largest absolute Gasteiger partial charge is 0.469 e. The second-order valence-corrected chi connectivity index (χ2v) is 4.63. The van der Waals surface area contributed by atoms with E-state index in [0.717, 1.165) is 5.57 Å². The van der Waals surface area contributed by atoms with Crippen molar-refractivity contribution in [1.29, 1.82) is 0 Å². The highest BCUT2D eigenvalue weighted by molar-refractivity contribution is 5.96. The SMILES string of the molecule is COC(=O)C(C)(C)C1C=CC(C(C)=O)=CC1. The summed E-state index contributed by atoms with van der Waals surface area (Å²) >= 11 is 0. The molecule has 0 heterocycles. The number of carbonyl (C=O) groups is 2. The molecule has 1 aliphatic rings. The molecule has 0 aromatic carbocycles. The summed E-state index contributed by atoms with van der Waals surface area (Å²) < 4.78 is 4.78. The maximum atomic E-state index is 11.6. The van der Waals surface area contributed by atoms with Crippen LogP contribution >= 0.6 is 0 Å². The molecule has 3 heteroatoms. The first-order chi connectivity index (χ1) is 7.39. The zero-order chi connectivity index (χ0) is 12.3. The number of rotatable bonds is 3. The minimum atomic E-state index is -0.552. The molecule has 1 aliphatic carbocycles. The molecule has 0 fully saturated rings. The van der Waals surface area contributed by atoms with E-state index in [4.69, 9.17) is 4.74 Å². The van der Waals surface area contributed by atoms with E-state index in [-0.39, 0.29) is 17.7 Å². The van der Waals surface area contributed by atoms with Gasteiger partial charge in [-0.05, 0) is 33.1 Å². The second kappa shape index (κ2) is 4.64. The van der Waals surface area contributed by atoms with Gasteiger partial charge in [0.15, 0.2) is 5.78 Å². The lowest BCUT2D eigenvalue weighted by Crippen LogP contribution is -2.33. The molecule has 1 unspecified atom stereocenters. The first-order valence-electron chi connectivity index (χ1n) is 5.37. The first-order valence-corrected chi connectivity index (χ1v) is 5.37. The van der Waals surface area contributed by atoms with Gasteiger partial charge < -0.3 is 4.74 Å². The zero-order valence-electron chi connectivity index (χ0n) is 10.2. The number of esters is 1. The molecule has 16 heavy (non-hydrogen) atoms. The van der Waals surface area contributed by atoms with Gasteiger partial charge in [0.05, 0.1) is 12.5 Å². The fourth-order valence-electron chi connectivity index (χ4n) is 1.83. The monoisotopic (exact) mass is 222 g/mol. The Balaban J connectivity index is 2.79. The number of allylic oxidation sites excluding steroid dienone is 4. The van der Waals surface area contributed by atoms with Crippen molar-refractivity contribution in [3.63, 3.8) is 0 Å².